The minimum Gasteiger partial charge on any atom is -0.456 e. The minimum atomic E-state index is -0.0616. The predicted molar refractivity (Wildman–Crippen MR) is 309 cm³/mol. The quantitative estimate of drug-likeness (QED) is 0.179. The van der Waals surface area contributed by atoms with Crippen LogP contribution in [0, 0.1) is 0 Å². The van der Waals surface area contributed by atoms with Gasteiger partial charge in [-0.3, -0.25) is 0 Å². The molecule has 6 heteroatoms. The molecule has 0 spiro atoms. The third-order valence-electron chi connectivity index (χ3n) is 16.6. The van der Waals surface area contributed by atoms with Crippen LogP contribution in [0.25, 0.3) is 104 Å². The van der Waals surface area contributed by atoms with E-state index in [4.69, 9.17) is 8.83 Å². The van der Waals surface area contributed by atoms with Crippen molar-refractivity contribution in [2.45, 2.75) is 104 Å². The van der Waals surface area contributed by atoms with Crippen LogP contribution < -0.4 is 15.6 Å². The van der Waals surface area contributed by atoms with Crippen molar-refractivity contribution in [2.75, 3.05) is 5.32 Å². The molecule has 0 saturated heterocycles. The second kappa shape index (κ2) is 14.8. The van der Waals surface area contributed by atoms with E-state index >= 15 is 0 Å². The first-order valence-corrected chi connectivity index (χ1v) is 26.6. The molecule has 4 nitrogen and oxygen atoms in total. The van der Waals surface area contributed by atoms with Crippen molar-refractivity contribution < 1.29 is 8.83 Å². The topological polar surface area (TPSA) is 43.2 Å². The molecule has 72 heavy (non-hydrogen) atoms. The molecule has 5 heterocycles. The van der Waals surface area contributed by atoms with Gasteiger partial charge < -0.3 is 18.7 Å². The Kier molecular flexibility index (Phi) is 8.99. The van der Waals surface area contributed by atoms with Gasteiger partial charge in [-0.05, 0) is 150 Å². The summed E-state index contributed by atoms with van der Waals surface area (Å²) < 4.78 is 19.5. The van der Waals surface area contributed by atoms with Crippen LogP contribution >= 0.6 is 11.3 Å². The maximum Gasteiger partial charge on any atom is 0.211 e. The fraction of sp³-hybridized carbons (Fsp3) is 0.242. The first kappa shape index (κ1) is 43.7. The third kappa shape index (κ3) is 6.37. The van der Waals surface area contributed by atoms with E-state index in [1.807, 2.05) is 11.3 Å². The second-order valence-electron chi connectivity index (χ2n) is 24.3. The molecule has 2 aliphatic rings. The fourth-order valence-electron chi connectivity index (χ4n) is 12.4. The Balaban J connectivity index is 1.13. The summed E-state index contributed by atoms with van der Waals surface area (Å²) in [6.07, 6.45) is 2.29. The molecule has 0 saturated carbocycles. The number of benzene rings is 8. The minimum absolute atomic E-state index is 0.0301. The normalized spacial score (nSPS) is 15.3. The predicted octanol–water partition coefficient (Wildman–Crippen LogP) is 17.8. The van der Waals surface area contributed by atoms with Gasteiger partial charge in [0.25, 0.3) is 0 Å². The molecule has 353 valence electrons. The largest absolute Gasteiger partial charge is 0.456 e. The molecule has 0 atom stereocenters. The Morgan fingerprint density at radius 1 is 0.569 bits per heavy atom. The van der Waals surface area contributed by atoms with Crippen LogP contribution in [0.1, 0.15) is 104 Å². The first-order chi connectivity index (χ1) is 34.4. The van der Waals surface area contributed by atoms with E-state index in [-0.39, 0.29) is 21.7 Å². The van der Waals surface area contributed by atoms with Crippen molar-refractivity contribution in [1.29, 1.82) is 0 Å². The van der Waals surface area contributed by atoms with E-state index in [0.29, 0.717) is 0 Å². The average Bonchev–Trinajstić information content (AvgIpc) is 4.11. The maximum atomic E-state index is 7.30. The van der Waals surface area contributed by atoms with Gasteiger partial charge >= 0.3 is 0 Å². The lowest BCUT2D eigenvalue weighted by molar-refractivity contribution is 0.332. The van der Waals surface area contributed by atoms with Crippen molar-refractivity contribution in [3.8, 4) is 27.9 Å². The van der Waals surface area contributed by atoms with Crippen molar-refractivity contribution in [1.82, 2.24) is 4.57 Å². The monoisotopic (exact) mass is 953 g/mol. The summed E-state index contributed by atoms with van der Waals surface area (Å²) in [4.78, 5) is 0. The van der Waals surface area contributed by atoms with E-state index < -0.39 is 0 Å². The van der Waals surface area contributed by atoms with E-state index in [1.165, 1.54) is 70.3 Å². The molecular formula is C66H58BN2O2S. The number of nitrogens with zero attached hydrogens (tertiary/aromatic N) is 1. The molecule has 1 radical (unpaired) electrons. The van der Waals surface area contributed by atoms with Crippen molar-refractivity contribution in [3.05, 3.63) is 162 Å². The molecule has 12 aromatic rings. The van der Waals surface area contributed by atoms with Crippen molar-refractivity contribution in [3.63, 3.8) is 0 Å². The molecule has 0 fully saturated rings. The number of hydrogen-bond donors (Lipinski definition) is 1. The number of para-hydroxylation sites is 1. The number of rotatable bonds is 4. The average molecular weight is 954 g/mol. The van der Waals surface area contributed by atoms with Gasteiger partial charge in [0.05, 0.1) is 22.1 Å². The third-order valence-corrected chi connectivity index (χ3v) is 17.7. The first-order valence-electron chi connectivity index (χ1n) is 25.8. The lowest BCUT2D eigenvalue weighted by Gasteiger charge is -2.41. The Hall–Kier alpha value is -7.02. The van der Waals surface area contributed by atoms with Crippen LogP contribution in [-0.2, 0) is 21.7 Å². The molecule has 4 aromatic heterocycles. The molecule has 1 N–H and O–H groups in total. The number of anilines is 2. The molecule has 0 amide bonds. The molecule has 14 rings (SSSR count). The zero-order valence-corrected chi connectivity index (χ0v) is 43.8. The highest BCUT2D eigenvalue weighted by atomic mass is 32.1. The van der Waals surface area contributed by atoms with Gasteiger partial charge in [0.2, 0.25) is 7.28 Å². The standard InChI is InChI=1S/C66H58BN2O2S/c1-63(2,3)38-21-24-40(25-22-38)68-49-33-43-42-32-47-48(66(9,10)29-28-65(47,7)8)35-53(42)70-52(43)34-44(49)55-56-41-18-14-15-19-51(41)71-61(56)57-45-31-39(64(4,5)6)23-26-50(45)69-59-46-30-37(36-16-12-11-13-17-36)20-27-54(46)72-62(59)67-58(55)60(57)69/h11-27,30-35,68H,28-29H2,1-10H3. The smallest absolute Gasteiger partial charge is 0.211 e. The summed E-state index contributed by atoms with van der Waals surface area (Å²) in [6.45, 7) is 23.4. The molecule has 8 aromatic carbocycles. The number of hydrogen-bond acceptors (Lipinski definition) is 4. The number of nitrogens with one attached hydrogen (secondary N) is 1. The Morgan fingerprint density at radius 3 is 2.00 bits per heavy atom. The van der Waals surface area contributed by atoms with Gasteiger partial charge in [0, 0.05) is 54.0 Å². The Bertz CT molecular complexity index is 4280. The molecule has 0 unspecified atom stereocenters. The van der Waals surface area contributed by atoms with E-state index in [9.17, 15) is 0 Å². The highest BCUT2D eigenvalue weighted by Gasteiger charge is 2.39. The van der Waals surface area contributed by atoms with Gasteiger partial charge in [-0.1, -0.05) is 142 Å². The van der Waals surface area contributed by atoms with Crippen LogP contribution in [0.4, 0.5) is 11.4 Å². The van der Waals surface area contributed by atoms with Crippen LogP contribution in [0.3, 0.4) is 0 Å². The molecule has 1 aliphatic heterocycles. The Labute approximate surface area is 425 Å². The zero-order valence-electron chi connectivity index (χ0n) is 42.9. The lowest BCUT2D eigenvalue weighted by atomic mass is 9.62. The van der Waals surface area contributed by atoms with Gasteiger partial charge in [0.1, 0.15) is 22.3 Å². The second-order valence-corrected chi connectivity index (χ2v) is 25.4. The van der Waals surface area contributed by atoms with Crippen LogP contribution in [0.2, 0.25) is 0 Å². The van der Waals surface area contributed by atoms with Crippen LogP contribution in [0.15, 0.2) is 148 Å². The summed E-state index contributed by atoms with van der Waals surface area (Å²) in [6, 6.07) is 52.1. The van der Waals surface area contributed by atoms with Crippen molar-refractivity contribution in [2.24, 2.45) is 0 Å². The van der Waals surface area contributed by atoms with E-state index in [2.05, 4.69) is 226 Å². The molecular weight excluding hydrogens is 896 g/mol. The van der Waals surface area contributed by atoms with Gasteiger partial charge in [-0.2, -0.15) is 0 Å². The summed E-state index contributed by atoms with van der Waals surface area (Å²) in [5.41, 5.74) is 20.5. The van der Waals surface area contributed by atoms with Gasteiger partial charge in [0.15, 0.2) is 0 Å². The number of thiophene rings is 1. The number of fused-ring (bicyclic) bond motifs is 15. The lowest BCUT2D eigenvalue weighted by Crippen LogP contribution is -2.35. The number of aromatic nitrogens is 1. The van der Waals surface area contributed by atoms with Crippen LogP contribution in [0.5, 0.6) is 0 Å². The fourth-order valence-corrected chi connectivity index (χ4v) is 13.5. The molecule has 1 aliphatic carbocycles. The number of furan rings is 2. The summed E-state index contributed by atoms with van der Waals surface area (Å²) >= 11 is 1.88. The van der Waals surface area contributed by atoms with Crippen LogP contribution in [-0.4, -0.2) is 11.8 Å². The Morgan fingerprint density at radius 2 is 1.25 bits per heavy atom. The van der Waals surface area contributed by atoms with Crippen molar-refractivity contribution >= 4 is 116 Å². The van der Waals surface area contributed by atoms with E-state index in [1.54, 1.807) is 0 Å². The van der Waals surface area contributed by atoms with E-state index in [0.717, 1.165) is 90.1 Å². The highest BCUT2D eigenvalue weighted by Crippen LogP contribution is 2.52. The van der Waals surface area contributed by atoms with Gasteiger partial charge in [-0.25, -0.2) is 0 Å². The molecule has 0 bridgehead atoms. The summed E-state index contributed by atoms with van der Waals surface area (Å²) in [5, 5.41) is 12.1. The maximum absolute atomic E-state index is 7.30. The SMILES string of the molecule is CC(C)(C)c1ccc(Nc2cc3c(cc2-c2c4c5c(c6cc(C(C)(C)C)ccc6n5-c5c(sc6ccc(-c7ccccc7)cc56)[B]4)c4oc5ccccc5c24)oc2cc4c(cc23)C(C)(C)CCC4(C)C)cc1. The summed E-state index contributed by atoms with van der Waals surface area (Å²) in [7, 11) is 2.49. The summed E-state index contributed by atoms with van der Waals surface area (Å²) in [5.74, 6) is 0. The zero-order chi connectivity index (χ0) is 49.4. The highest BCUT2D eigenvalue weighted by molar-refractivity contribution is 7.29. The van der Waals surface area contributed by atoms with Gasteiger partial charge in [-0.15, -0.1) is 11.3 Å².